The van der Waals surface area contributed by atoms with E-state index in [4.69, 9.17) is 35.5 Å². The maximum atomic E-state index is 14.4. The number of terminal acetylenes is 1. The molecule has 0 saturated carbocycles. The molecule has 7 nitrogen and oxygen atoms in total. The van der Waals surface area contributed by atoms with Gasteiger partial charge >= 0.3 is 5.97 Å². The van der Waals surface area contributed by atoms with E-state index in [0.29, 0.717) is 45.3 Å². The fourth-order valence-corrected chi connectivity index (χ4v) is 5.00. The summed E-state index contributed by atoms with van der Waals surface area (Å²) in [5, 5.41) is 1.07. The first kappa shape index (κ1) is 28.2. The van der Waals surface area contributed by atoms with Crippen LogP contribution in [0.15, 0.2) is 66.7 Å². The molecule has 0 fully saturated rings. The van der Waals surface area contributed by atoms with Crippen LogP contribution >= 0.6 is 23.2 Å². The maximum Gasteiger partial charge on any atom is 0.324 e. The molecule has 0 radical (unpaired) electrons. The molecule has 1 heterocycles. The molecule has 0 aliphatic carbocycles. The smallest absolute Gasteiger partial charge is 0.324 e. The van der Waals surface area contributed by atoms with Crippen LogP contribution in [0.25, 0.3) is 0 Å². The molecule has 1 aliphatic rings. The SMILES string of the molecule is C#Cc1ccc2c(c1)C(=O)N(C(C)c1ccc(Cl)cc1)C(c1ccc(Cl)cc1)C(=O)N2CCCCC(=O)ON. The number of halogens is 2. The van der Waals surface area contributed by atoms with E-state index in [1.165, 1.54) is 0 Å². The van der Waals surface area contributed by atoms with Crippen LogP contribution in [0, 0.1) is 12.3 Å². The van der Waals surface area contributed by atoms with Gasteiger partial charge in [0, 0.05) is 28.6 Å². The van der Waals surface area contributed by atoms with Crippen molar-refractivity contribution in [2.75, 3.05) is 11.4 Å². The molecule has 9 heteroatoms. The summed E-state index contributed by atoms with van der Waals surface area (Å²) in [5.41, 5.74) is 2.71. The number of anilines is 1. The molecule has 200 valence electrons. The number of benzene rings is 3. The summed E-state index contributed by atoms with van der Waals surface area (Å²) in [6, 6.07) is 17.6. The first-order valence-corrected chi connectivity index (χ1v) is 13.2. The van der Waals surface area contributed by atoms with Crippen LogP contribution < -0.4 is 10.8 Å². The van der Waals surface area contributed by atoms with Gasteiger partial charge in [-0.1, -0.05) is 53.4 Å². The van der Waals surface area contributed by atoms with Gasteiger partial charge in [-0.15, -0.1) is 6.42 Å². The van der Waals surface area contributed by atoms with Crippen LogP contribution in [0.5, 0.6) is 0 Å². The van der Waals surface area contributed by atoms with E-state index in [1.54, 1.807) is 64.4 Å². The Kier molecular flexibility index (Phi) is 8.93. The number of hydrogen-bond donors (Lipinski definition) is 1. The molecule has 0 aromatic heterocycles. The summed E-state index contributed by atoms with van der Waals surface area (Å²) in [6.45, 7) is 2.13. The first-order valence-electron chi connectivity index (χ1n) is 12.4. The Labute approximate surface area is 237 Å². The number of fused-ring (bicyclic) bond motifs is 1. The zero-order valence-electron chi connectivity index (χ0n) is 21.3. The molecule has 3 aromatic carbocycles. The summed E-state index contributed by atoms with van der Waals surface area (Å²) in [4.78, 5) is 47.7. The Morgan fingerprint density at radius 2 is 1.67 bits per heavy atom. The molecule has 2 amide bonds. The van der Waals surface area contributed by atoms with Crippen LogP contribution in [0.2, 0.25) is 10.0 Å². The highest BCUT2D eigenvalue weighted by atomic mass is 35.5. The Morgan fingerprint density at radius 3 is 2.28 bits per heavy atom. The number of nitrogens with zero attached hydrogens (tertiary/aromatic N) is 2. The van der Waals surface area contributed by atoms with Crippen LogP contribution in [0.1, 0.15) is 65.3 Å². The van der Waals surface area contributed by atoms with Crippen molar-refractivity contribution in [2.24, 2.45) is 5.90 Å². The second-order valence-corrected chi connectivity index (χ2v) is 10.1. The van der Waals surface area contributed by atoms with E-state index in [9.17, 15) is 14.4 Å². The molecule has 1 aliphatic heterocycles. The van der Waals surface area contributed by atoms with E-state index < -0.39 is 18.1 Å². The van der Waals surface area contributed by atoms with Gasteiger partial charge < -0.3 is 14.6 Å². The minimum absolute atomic E-state index is 0.112. The molecular formula is C30H27Cl2N3O4. The lowest BCUT2D eigenvalue weighted by Crippen LogP contribution is -2.44. The molecule has 2 N–H and O–H groups in total. The standard InChI is InChI=1S/C30H27Cl2N3O4/c1-3-20-7-16-26-25(18-20)29(37)35(19(2)21-8-12-23(31)13-9-21)28(22-10-14-24(32)15-11-22)30(38)34(26)17-5-4-6-27(36)39-33/h1,7-16,18-19,28H,4-6,17,33H2,2H3. The molecule has 3 aromatic rings. The quantitative estimate of drug-likeness (QED) is 0.211. The molecule has 39 heavy (non-hydrogen) atoms. The van der Waals surface area contributed by atoms with Crippen molar-refractivity contribution < 1.29 is 19.2 Å². The van der Waals surface area contributed by atoms with Gasteiger partial charge in [-0.3, -0.25) is 14.4 Å². The van der Waals surface area contributed by atoms with E-state index in [0.717, 1.165) is 5.56 Å². The maximum absolute atomic E-state index is 14.4. The van der Waals surface area contributed by atoms with Crippen molar-refractivity contribution in [1.29, 1.82) is 0 Å². The number of carbonyl (C=O) groups excluding carboxylic acids is 3. The highest BCUT2D eigenvalue weighted by molar-refractivity contribution is 6.30. The van der Waals surface area contributed by atoms with Gasteiger partial charge in [0.2, 0.25) is 0 Å². The van der Waals surface area contributed by atoms with Crippen molar-refractivity contribution in [3.63, 3.8) is 0 Å². The summed E-state index contributed by atoms with van der Waals surface area (Å²) in [5.74, 6) is 6.36. The van der Waals surface area contributed by atoms with E-state index >= 15 is 0 Å². The van der Waals surface area contributed by atoms with E-state index in [2.05, 4.69) is 10.8 Å². The Balaban J connectivity index is 1.85. The van der Waals surface area contributed by atoms with Gasteiger partial charge in [-0.25, -0.2) is 0 Å². The van der Waals surface area contributed by atoms with Crippen molar-refractivity contribution in [3.05, 3.63) is 99.0 Å². The van der Waals surface area contributed by atoms with Crippen LogP contribution in [-0.4, -0.2) is 29.2 Å². The van der Waals surface area contributed by atoms with Crippen LogP contribution in [0.3, 0.4) is 0 Å². The van der Waals surface area contributed by atoms with E-state index in [-0.39, 0.29) is 24.8 Å². The van der Waals surface area contributed by atoms with Gasteiger partial charge in [-0.2, -0.15) is 5.90 Å². The average Bonchev–Trinajstić information content (AvgIpc) is 3.03. The summed E-state index contributed by atoms with van der Waals surface area (Å²) >= 11 is 12.3. The summed E-state index contributed by atoms with van der Waals surface area (Å²) in [7, 11) is 0. The number of amides is 2. The van der Waals surface area contributed by atoms with Gasteiger partial charge in [0.15, 0.2) is 0 Å². The zero-order chi connectivity index (χ0) is 28.1. The zero-order valence-corrected chi connectivity index (χ0v) is 22.8. The highest BCUT2D eigenvalue weighted by Gasteiger charge is 2.42. The predicted molar refractivity (Wildman–Crippen MR) is 151 cm³/mol. The lowest BCUT2D eigenvalue weighted by molar-refractivity contribution is -0.144. The van der Waals surface area contributed by atoms with E-state index in [1.807, 2.05) is 19.1 Å². The monoisotopic (exact) mass is 563 g/mol. The van der Waals surface area contributed by atoms with Crippen molar-refractivity contribution >= 4 is 46.7 Å². The topological polar surface area (TPSA) is 92.9 Å². The second kappa shape index (κ2) is 12.4. The van der Waals surface area contributed by atoms with Crippen molar-refractivity contribution in [2.45, 2.75) is 38.3 Å². The van der Waals surface area contributed by atoms with Crippen LogP contribution in [-0.2, 0) is 14.4 Å². The van der Waals surface area contributed by atoms with Gasteiger partial charge in [0.25, 0.3) is 11.8 Å². The van der Waals surface area contributed by atoms with Gasteiger partial charge in [-0.05, 0) is 73.4 Å². The van der Waals surface area contributed by atoms with Gasteiger partial charge in [0.05, 0.1) is 17.3 Å². The Morgan fingerprint density at radius 1 is 1.03 bits per heavy atom. The van der Waals surface area contributed by atoms with Gasteiger partial charge in [0.1, 0.15) is 6.04 Å². The fraction of sp³-hybridized carbons (Fsp3) is 0.233. The fourth-order valence-electron chi connectivity index (χ4n) is 4.75. The van der Waals surface area contributed by atoms with Crippen molar-refractivity contribution in [3.8, 4) is 12.3 Å². The third-order valence-corrected chi connectivity index (χ3v) is 7.30. The lowest BCUT2D eigenvalue weighted by atomic mass is 9.98. The first-order chi connectivity index (χ1) is 18.7. The molecule has 0 bridgehead atoms. The number of hydrogen-bond acceptors (Lipinski definition) is 5. The average molecular weight is 564 g/mol. The predicted octanol–water partition coefficient (Wildman–Crippen LogP) is 5.85. The molecule has 2 atom stereocenters. The number of nitrogens with two attached hydrogens (primary N) is 1. The number of carbonyl (C=O) groups is 3. The minimum atomic E-state index is -0.962. The Hall–Kier alpha value is -3.83. The Bertz CT molecular complexity index is 1420. The largest absolute Gasteiger partial charge is 0.373 e. The third-order valence-electron chi connectivity index (χ3n) is 6.80. The summed E-state index contributed by atoms with van der Waals surface area (Å²) in [6.07, 6.45) is 6.70. The molecule has 0 spiro atoms. The van der Waals surface area contributed by atoms with Crippen molar-refractivity contribution in [1.82, 2.24) is 4.90 Å². The third kappa shape index (κ3) is 6.10. The lowest BCUT2D eigenvalue weighted by Gasteiger charge is -2.36. The number of unbranched alkanes of at least 4 members (excludes halogenated alkanes) is 1. The number of rotatable bonds is 8. The minimum Gasteiger partial charge on any atom is -0.373 e. The second-order valence-electron chi connectivity index (χ2n) is 9.21. The van der Waals surface area contributed by atoms with Crippen LogP contribution in [0.4, 0.5) is 5.69 Å². The molecule has 0 saturated heterocycles. The highest BCUT2D eigenvalue weighted by Crippen LogP contribution is 2.40. The molecular weight excluding hydrogens is 537 g/mol. The molecule has 4 rings (SSSR count). The summed E-state index contributed by atoms with van der Waals surface area (Å²) < 4.78 is 0. The molecule has 2 unspecified atom stereocenters. The normalized spacial score (nSPS) is 15.8.